The van der Waals surface area contributed by atoms with E-state index in [0.29, 0.717) is 36.1 Å². The van der Waals surface area contributed by atoms with E-state index < -0.39 is 10.0 Å². The van der Waals surface area contributed by atoms with E-state index in [-0.39, 0.29) is 24.1 Å². The first-order valence-corrected chi connectivity index (χ1v) is 12.8. The molecule has 3 aromatic carbocycles. The minimum absolute atomic E-state index is 0.0678. The highest BCUT2D eigenvalue weighted by atomic mass is 32.2. The zero-order chi connectivity index (χ0) is 23.5. The molecular formula is C26H26N2O5S. The zero-order valence-corrected chi connectivity index (χ0v) is 19.5. The molecule has 8 heteroatoms. The average Bonchev–Trinajstić information content (AvgIpc) is 3.36. The highest BCUT2D eigenvalue weighted by Crippen LogP contribution is 2.32. The summed E-state index contributed by atoms with van der Waals surface area (Å²) in [4.78, 5) is 15.0. The Labute approximate surface area is 199 Å². The van der Waals surface area contributed by atoms with Gasteiger partial charge >= 0.3 is 0 Å². The predicted octanol–water partition coefficient (Wildman–Crippen LogP) is 3.91. The standard InChI is InChI=1S/C26H26N2O5S/c29-26(28-13-11-21(12-14-28)20-5-2-1-3-6-20)22-7-4-8-23(16-22)34(30,31)27-17-19-9-10-24-25(15-19)33-18-32-24/h1-10,15-16,21,27H,11-14,17-18H2. The van der Waals surface area contributed by atoms with Crippen LogP contribution in [0.4, 0.5) is 0 Å². The number of sulfonamides is 1. The smallest absolute Gasteiger partial charge is 0.253 e. The van der Waals surface area contributed by atoms with Crippen molar-refractivity contribution in [1.29, 1.82) is 0 Å². The van der Waals surface area contributed by atoms with E-state index in [2.05, 4.69) is 16.9 Å². The molecule has 0 spiro atoms. The van der Waals surface area contributed by atoms with Crippen molar-refractivity contribution in [1.82, 2.24) is 9.62 Å². The van der Waals surface area contributed by atoms with Crippen LogP contribution in [0.2, 0.25) is 0 Å². The number of nitrogens with zero attached hydrogens (tertiary/aromatic N) is 1. The van der Waals surface area contributed by atoms with Gasteiger partial charge in [0.05, 0.1) is 4.90 Å². The molecule has 0 aromatic heterocycles. The van der Waals surface area contributed by atoms with Gasteiger partial charge in [0.15, 0.2) is 11.5 Å². The Balaban J connectivity index is 1.23. The Morgan fingerprint density at radius 2 is 1.68 bits per heavy atom. The number of benzene rings is 3. The summed E-state index contributed by atoms with van der Waals surface area (Å²) < 4.78 is 39.0. The first-order valence-electron chi connectivity index (χ1n) is 11.3. The van der Waals surface area contributed by atoms with Crippen LogP contribution in [0.1, 0.15) is 40.2 Å². The SMILES string of the molecule is O=C(c1cccc(S(=O)(=O)NCc2ccc3c(c2)OCO3)c1)N1CCC(c2ccccc2)CC1. The Morgan fingerprint density at radius 3 is 2.47 bits per heavy atom. The van der Waals surface area contributed by atoms with Crippen LogP contribution >= 0.6 is 0 Å². The summed E-state index contributed by atoms with van der Waals surface area (Å²) in [6.07, 6.45) is 1.79. The lowest BCUT2D eigenvalue weighted by Gasteiger charge is -2.32. The van der Waals surface area contributed by atoms with Gasteiger partial charge in [0.2, 0.25) is 16.8 Å². The third-order valence-electron chi connectivity index (χ3n) is 6.35. The third-order valence-corrected chi connectivity index (χ3v) is 7.75. The topological polar surface area (TPSA) is 84.9 Å². The van der Waals surface area contributed by atoms with Crippen LogP contribution in [-0.4, -0.2) is 39.1 Å². The highest BCUT2D eigenvalue weighted by molar-refractivity contribution is 7.89. The molecule has 1 saturated heterocycles. The van der Waals surface area contributed by atoms with E-state index in [4.69, 9.17) is 9.47 Å². The molecule has 7 nitrogen and oxygen atoms in total. The van der Waals surface area contributed by atoms with Crippen molar-refractivity contribution in [3.63, 3.8) is 0 Å². The summed E-state index contributed by atoms with van der Waals surface area (Å²) in [6.45, 7) is 1.56. The van der Waals surface area contributed by atoms with Crippen molar-refractivity contribution in [3.8, 4) is 11.5 Å². The normalized spacial score (nSPS) is 15.9. The van der Waals surface area contributed by atoms with Crippen molar-refractivity contribution < 1.29 is 22.7 Å². The molecule has 0 aliphatic carbocycles. The monoisotopic (exact) mass is 478 g/mol. The number of piperidine rings is 1. The van der Waals surface area contributed by atoms with Gasteiger partial charge in [-0.3, -0.25) is 4.79 Å². The zero-order valence-electron chi connectivity index (χ0n) is 18.6. The van der Waals surface area contributed by atoms with E-state index in [0.717, 1.165) is 18.4 Å². The van der Waals surface area contributed by atoms with Crippen molar-refractivity contribution >= 4 is 15.9 Å². The number of hydrogen-bond acceptors (Lipinski definition) is 5. The molecule has 1 fully saturated rings. The molecule has 34 heavy (non-hydrogen) atoms. The van der Waals surface area contributed by atoms with E-state index >= 15 is 0 Å². The summed E-state index contributed by atoms with van der Waals surface area (Å²) >= 11 is 0. The summed E-state index contributed by atoms with van der Waals surface area (Å²) in [6, 6.07) is 21.9. The van der Waals surface area contributed by atoms with E-state index in [1.807, 2.05) is 23.1 Å². The Morgan fingerprint density at radius 1 is 0.912 bits per heavy atom. The van der Waals surface area contributed by atoms with Crippen LogP contribution in [0.15, 0.2) is 77.7 Å². The van der Waals surface area contributed by atoms with Crippen molar-refractivity contribution in [2.24, 2.45) is 0 Å². The van der Waals surface area contributed by atoms with Crippen LogP contribution in [0.25, 0.3) is 0 Å². The lowest BCUT2D eigenvalue weighted by atomic mass is 9.89. The van der Waals surface area contributed by atoms with Gasteiger partial charge in [-0.25, -0.2) is 13.1 Å². The lowest BCUT2D eigenvalue weighted by Crippen LogP contribution is -2.38. The van der Waals surface area contributed by atoms with Gasteiger partial charge in [0, 0.05) is 25.2 Å². The fourth-order valence-electron chi connectivity index (χ4n) is 4.43. The lowest BCUT2D eigenvalue weighted by molar-refractivity contribution is 0.0712. The first kappa shape index (κ1) is 22.4. The van der Waals surface area contributed by atoms with Crippen LogP contribution in [0.3, 0.4) is 0 Å². The minimum atomic E-state index is -3.80. The minimum Gasteiger partial charge on any atom is -0.454 e. The van der Waals surface area contributed by atoms with E-state index in [9.17, 15) is 13.2 Å². The molecule has 3 aromatic rings. The second-order valence-electron chi connectivity index (χ2n) is 8.52. The maximum Gasteiger partial charge on any atom is 0.253 e. The summed E-state index contributed by atoms with van der Waals surface area (Å²) in [5.74, 6) is 1.54. The second kappa shape index (κ2) is 9.48. The van der Waals surface area contributed by atoms with Crippen molar-refractivity contribution in [2.75, 3.05) is 19.9 Å². The van der Waals surface area contributed by atoms with Crippen LogP contribution in [0.5, 0.6) is 11.5 Å². The number of amides is 1. The second-order valence-corrected chi connectivity index (χ2v) is 10.3. The van der Waals surface area contributed by atoms with Crippen molar-refractivity contribution in [3.05, 3.63) is 89.5 Å². The Hall–Kier alpha value is -3.36. The molecule has 1 N–H and O–H groups in total. The molecule has 2 aliphatic rings. The van der Waals surface area contributed by atoms with Crippen molar-refractivity contribution in [2.45, 2.75) is 30.2 Å². The van der Waals surface area contributed by atoms with Gasteiger partial charge in [0.25, 0.3) is 5.91 Å². The number of carbonyl (C=O) groups is 1. The molecular weight excluding hydrogens is 452 g/mol. The van der Waals surface area contributed by atoms with Gasteiger partial charge < -0.3 is 14.4 Å². The average molecular weight is 479 g/mol. The maximum absolute atomic E-state index is 13.1. The van der Waals surface area contributed by atoms with Crippen LogP contribution < -0.4 is 14.2 Å². The molecule has 2 heterocycles. The molecule has 2 aliphatic heterocycles. The Bertz CT molecular complexity index is 1290. The summed E-state index contributed by atoms with van der Waals surface area (Å²) in [7, 11) is -3.80. The fourth-order valence-corrected chi connectivity index (χ4v) is 5.50. The van der Waals surface area contributed by atoms with Gasteiger partial charge in [-0.05, 0) is 60.2 Å². The number of hydrogen-bond donors (Lipinski definition) is 1. The van der Waals surface area contributed by atoms with E-state index in [1.54, 1.807) is 30.3 Å². The molecule has 0 radical (unpaired) electrons. The summed E-state index contributed by atoms with van der Waals surface area (Å²) in [5.41, 5.74) is 2.43. The van der Waals surface area contributed by atoms with Gasteiger partial charge in [0.1, 0.15) is 0 Å². The number of nitrogens with one attached hydrogen (secondary N) is 1. The first-order chi connectivity index (χ1) is 16.5. The predicted molar refractivity (Wildman–Crippen MR) is 127 cm³/mol. The fraction of sp³-hybridized carbons (Fsp3) is 0.269. The molecule has 0 bridgehead atoms. The van der Waals surface area contributed by atoms with E-state index in [1.165, 1.54) is 17.7 Å². The molecule has 0 saturated carbocycles. The number of rotatable bonds is 6. The number of ether oxygens (including phenoxy) is 2. The van der Waals surface area contributed by atoms with Crippen LogP contribution in [-0.2, 0) is 16.6 Å². The van der Waals surface area contributed by atoms with Gasteiger partial charge in [-0.15, -0.1) is 0 Å². The Kier molecular flexibility index (Phi) is 6.26. The maximum atomic E-state index is 13.1. The molecule has 5 rings (SSSR count). The molecule has 0 atom stereocenters. The quantitative estimate of drug-likeness (QED) is 0.581. The molecule has 176 valence electrons. The molecule has 0 unspecified atom stereocenters. The third kappa shape index (κ3) is 4.78. The molecule has 1 amide bonds. The largest absolute Gasteiger partial charge is 0.454 e. The van der Waals surface area contributed by atoms with Gasteiger partial charge in [-0.2, -0.15) is 0 Å². The highest BCUT2D eigenvalue weighted by Gasteiger charge is 2.25. The van der Waals surface area contributed by atoms with Crippen LogP contribution in [0, 0.1) is 0 Å². The number of likely N-dealkylation sites (tertiary alicyclic amines) is 1. The number of fused-ring (bicyclic) bond motifs is 1. The number of carbonyl (C=O) groups excluding carboxylic acids is 1. The van der Waals surface area contributed by atoms with Gasteiger partial charge in [-0.1, -0.05) is 42.5 Å². The summed E-state index contributed by atoms with van der Waals surface area (Å²) in [5, 5.41) is 0.